The molecule has 5 aromatic rings. The van der Waals surface area contributed by atoms with Gasteiger partial charge in [0.2, 0.25) is 0 Å². The van der Waals surface area contributed by atoms with Crippen LogP contribution in [0, 0.1) is 19.7 Å². The first-order chi connectivity index (χ1) is 20.1. The topological polar surface area (TPSA) is 134 Å². The standard InChI is InChI=1S/C31H28FN5O5/c1-16-12-20-13-25(18-4-6-19(7-5-18)26-17(2)42-36(3)31(26)40)37(15-22-10-11-41-22)28(20)27(34-16)30(39)35-21-8-9-24(32)23(14-21)29(33)38/h4-9,12-14,22H,10-11,15H2,1-3H3,(H2,33,38)(H,35,39). The molecule has 1 aliphatic rings. The van der Waals surface area contributed by atoms with Crippen molar-refractivity contribution in [1.29, 1.82) is 0 Å². The number of nitrogens with one attached hydrogen (secondary N) is 1. The molecule has 0 aliphatic carbocycles. The fourth-order valence-electron chi connectivity index (χ4n) is 5.37. The summed E-state index contributed by atoms with van der Waals surface area (Å²) in [5, 5.41) is 3.54. The predicted molar refractivity (Wildman–Crippen MR) is 155 cm³/mol. The number of primary amides is 1. The first-order valence-corrected chi connectivity index (χ1v) is 13.4. The van der Waals surface area contributed by atoms with E-state index in [4.69, 9.17) is 15.0 Å². The van der Waals surface area contributed by atoms with E-state index in [1.165, 1.54) is 16.9 Å². The fraction of sp³-hybridized carbons (Fsp3) is 0.226. The zero-order chi connectivity index (χ0) is 29.7. The van der Waals surface area contributed by atoms with E-state index in [1.807, 2.05) is 41.0 Å². The normalized spacial score (nSPS) is 14.6. The monoisotopic (exact) mass is 569 g/mol. The molecule has 1 fully saturated rings. The van der Waals surface area contributed by atoms with Crippen molar-refractivity contribution < 1.29 is 23.2 Å². The molecular formula is C31H28FN5O5. The van der Waals surface area contributed by atoms with Crippen molar-refractivity contribution in [3.05, 3.63) is 93.5 Å². The Labute approximate surface area is 239 Å². The number of halogens is 1. The lowest BCUT2D eigenvalue weighted by molar-refractivity contribution is -0.0584. The molecule has 1 aliphatic heterocycles. The van der Waals surface area contributed by atoms with Crippen LogP contribution < -0.4 is 16.6 Å². The number of amides is 2. The number of nitrogens with zero attached hydrogens (tertiary/aromatic N) is 3. The van der Waals surface area contributed by atoms with Crippen LogP contribution in [-0.4, -0.2) is 38.8 Å². The van der Waals surface area contributed by atoms with Gasteiger partial charge < -0.3 is 24.9 Å². The van der Waals surface area contributed by atoms with E-state index in [0.717, 1.165) is 34.7 Å². The molecule has 0 saturated carbocycles. The molecule has 1 atom stereocenters. The summed E-state index contributed by atoms with van der Waals surface area (Å²) in [6.07, 6.45) is 0.857. The maximum atomic E-state index is 14.0. The third-order valence-electron chi connectivity index (χ3n) is 7.48. The van der Waals surface area contributed by atoms with Gasteiger partial charge in [-0.2, -0.15) is 4.74 Å². The summed E-state index contributed by atoms with van der Waals surface area (Å²) in [7, 11) is 1.57. The second kappa shape index (κ2) is 10.4. The first-order valence-electron chi connectivity index (χ1n) is 13.4. The van der Waals surface area contributed by atoms with Gasteiger partial charge in [-0.05, 0) is 61.7 Å². The third kappa shape index (κ3) is 4.77. The number of aromatic nitrogens is 3. The average Bonchev–Trinajstić information content (AvgIpc) is 3.41. The minimum atomic E-state index is -0.937. The van der Waals surface area contributed by atoms with Crippen molar-refractivity contribution in [2.24, 2.45) is 12.8 Å². The Hall–Kier alpha value is -5.03. The third-order valence-corrected chi connectivity index (χ3v) is 7.48. The Morgan fingerprint density at radius 1 is 1.10 bits per heavy atom. The van der Waals surface area contributed by atoms with Gasteiger partial charge in [-0.1, -0.05) is 24.3 Å². The van der Waals surface area contributed by atoms with Gasteiger partial charge in [0, 0.05) is 42.7 Å². The lowest BCUT2D eigenvalue weighted by atomic mass is 10.0. The second-order valence-electron chi connectivity index (χ2n) is 10.4. The highest BCUT2D eigenvalue weighted by molar-refractivity contribution is 6.12. The molecule has 2 aromatic carbocycles. The van der Waals surface area contributed by atoms with Crippen LogP contribution in [0.4, 0.5) is 10.1 Å². The number of anilines is 1. The summed E-state index contributed by atoms with van der Waals surface area (Å²) >= 11 is 0. The molecule has 4 heterocycles. The van der Waals surface area contributed by atoms with E-state index in [9.17, 15) is 18.8 Å². The molecule has 3 N–H and O–H groups in total. The van der Waals surface area contributed by atoms with E-state index in [1.54, 1.807) is 20.9 Å². The van der Waals surface area contributed by atoms with Crippen LogP contribution in [0.5, 0.6) is 0 Å². The minimum Gasteiger partial charge on any atom is -0.381 e. The van der Waals surface area contributed by atoms with Crippen molar-refractivity contribution >= 4 is 28.4 Å². The summed E-state index contributed by atoms with van der Waals surface area (Å²) in [5.74, 6) is -1.70. The van der Waals surface area contributed by atoms with Crippen LogP contribution in [0.1, 0.15) is 38.7 Å². The molecule has 0 spiro atoms. The Kier molecular flexibility index (Phi) is 6.74. The molecule has 6 rings (SSSR count). The Morgan fingerprint density at radius 3 is 2.43 bits per heavy atom. The van der Waals surface area contributed by atoms with Gasteiger partial charge in [0.1, 0.15) is 11.6 Å². The van der Waals surface area contributed by atoms with E-state index in [0.29, 0.717) is 35.7 Å². The van der Waals surface area contributed by atoms with E-state index >= 15 is 0 Å². The maximum Gasteiger partial charge on any atom is 0.290 e. The quantitative estimate of drug-likeness (QED) is 0.295. The summed E-state index contributed by atoms with van der Waals surface area (Å²) in [6.45, 7) is 4.72. The van der Waals surface area contributed by atoms with E-state index < -0.39 is 17.6 Å². The van der Waals surface area contributed by atoms with Gasteiger partial charge >= 0.3 is 0 Å². The van der Waals surface area contributed by atoms with Crippen LogP contribution in [0.15, 0.2) is 63.9 Å². The number of pyridine rings is 1. The van der Waals surface area contributed by atoms with Crippen molar-refractivity contribution in [1.82, 2.24) is 14.3 Å². The van der Waals surface area contributed by atoms with Gasteiger partial charge in [0.15, 0.2) is 5.69 Å². The predicted octanol–water partition coefficient (Wildman–Crippen LogP) is 4.56. The minimum absolute atomic E-state index is 0.0253. The summed E-state index contributed by atoms with van der Waals surface area (Å²) in [6, 6.07) is 15.1. The van der Waals surface area contributed by atoms with Crippen molar-refractivity contribution in [2.45, 2.75) is 32.9 Å². The Bertz CT molecular complexity index is 1930. The zero-order valence-corrected chi connectivity index (χ0v) is 23.2. The smallest absolute Gasteiger partial charge is 0.290 e. The van der Waals surface area contributed by atoms with E-state index in [2.05, 4.69) is 10.3 Å². The molecule has 3 aromatic heterocycles. The molecule has 0 bridgehead atoms. The molecule has 1 unspecified atom stereocenters. The van der Waals surface area contributed by atoms with Crippen LogP contribution in [0.3, 0.4) is 0 Å². The van der Waals surface area contributed by atoms with Gasteiger partial charge in [-0.3, -0.25) is 14.4 Å². The van der Waals surface area contributed by atoms with Crippen molar-refractivity contribution in [3.63, 3.8) is 0 Å². The molecule has 0 radical (unpaired) electrons. The number of benzene rings is 2. The lowest BCUT2D eigenvalue weighted by Gasteiger charge is -2.28. The highest BCUT2D eigenvalue weighted by atomic mass is 19.1. The number of fused-ring (bicyclic) bond motifs is 1. The van der Waals surface area contributed by atoms with Crippen LogP contribution in [-0.2, 0) is 18.3 Å². The number of ether oxygens (including phenoxy) is 1. The highest BCUT2D eigenvalue weighted by Crippen LogP contribution is 2.34. The van der Waals surface area contributed by atoms with Gasteiger partial charge in [0.25, 0.3) is 17.4 Å². The van der Waals surface area contributed by atoms with E-state index in [-0.39, 0.29) is 28.6 Å². The number of aryl methyl sites for hydroxylation is 3. The fourth-order valence-corrected chi connectivity index (χ4v) is 5.37. The van der Waals surface area contributed by atoms with Crippen LogP contribution >= 0.6 is 0 Å². The Morgan fingerprint density at radius 2 is 1.81 bits per heavy atom. The summed E-state index contributed by atoms with van der Waals surface area (Å²) < 4.78 is 28.4. The van der Waals surface area contributed by atoms with Gasteiger partial charge in [-0.25, -0.2) is 9.37 Å². The first kappa shape index (κ1) is 27.2. The number of nitrogens with two attached hydrogens (primary N) is 1. The number of hydrogen-bond donors (Lipinski definition) is 2. The Balaban J connectivity index is 1.44. The highest BCUT2D eigenvalue weighted by Gasteiger charge is 2.26. The molecule has 10 nitrogen and oxygen atoms in total. The zero-order valence-electron chi connectivity index (χ0n) is 23.2. The van der Waals surface area contributed by atoms with Gasteiger partial charge in [0.05, 0.1) is 22.7 Å². The number of hydrogen-bond acceptors (Lipinski definition) is 6. The molecular weight excluding hydrogens is 541 g/mol. The van der Waals surface area contributed by atoms with Crippen LogP contribution in [0.25, 0.3) is 33.3 Å². The number of carbonyl (C=O) groups is 2. The van der Waals surface area contributed by atoms with Gasteiger partial charge in [-0.15, -0.1) is 0 Å². The van der Waals surface area contributed by atoms with Crippen LogP contribution in [0.2, 0.25) is 0 Å². The molecule has 42 heavy (non-hydrogen) atoms. The SMILES string of the molecule is Cc1cc2cc(-c3ccc(-c4c(C)on(C)c4=O)cc3)n(CC3CCO3)c2c(C(=O)Nc2ccc(F)c(C(N)=O)c2)n1. The summed E-state index contributed by atoms with van der Waals surface area (Å²) in [4.78, 5) is 42.4. The lowest BCUT2D eigenvalue weighted by Crippen LogP contribution is -2.31. The van der Waals surface area contributed by atoms with Crippen molar-refractivity contribution in [2.75, 3.05) is 11.9 Å². The second-order valence-corrected chi connectivity index (χ2v) is 10.4. The molecule has 1 saturated heterocycles. The van der Waals surface area contributed by atoms with Crippen molar-refractivity contribution in [3.8, 4) is 22.4 Å². The molecule has 214 valence electrons. The average molecular weight is 570 g/mol. The maximum absolute atomic E-state index is 14.0. The number of rotatable bonds is 7. The largest absolute Gasteiger partial charge is 0.381 e. The molecule has 11 heteroatoms. The number of carbonyl (C=O) groups excluding carboxylic acids is 2. The summed E-state index contributed by atoms with van der Waals surface area (Å²) in [5.41, 5.74) is 9.35. The molecule has 2 amide bonds.